The molecular weight excluding hydrogens is 599 g/mol. The Kier molecular flexibility index (Phi) is 5.84. The van der Waals surface area contributed by atoms with Crippen LogP contribution in [0.25, 0.3) is 83.9 Å². The molecule has 0 radical (unpaired) electrons. The SMILES string of the molecule is [2H]c1c([2H])c([2H])c(-n2c3ccccc3c3cc(-c4ccc(-c5nc(-c6ccccc6)nc(-c6ccc(-c7cccnc7)cc6)n5)cc4)ccc32)c([2H])c1[2H]. The summed E-state index contributed by atoms with van der Waals surface area (Å²) in [7, 11) is 0. The summed E-state index contributed by atoms with van der Waals surface area (Å²) < 4.78 is 43.8. The Balaban J connectivity index is 1.11. The van der Waals surface area contributed by atoms with E-state index in [9.17, 15) is 0 Å². The highest BCUT2D eigenvalue weighted by Crippen LogP contribution is 2.35. The second-order valence-electron chi connectivity index (χ2n) is 11.6. The molecule has 0 saturated carbocycles. The number of rotatable bonds is 6. The molecule has 0 saturated heterocycles. The Morgan fingerprint density at radius 2 is 0.959 bits per heavy atom. The molecule has 9 rings (SSSR count). The third-order valence-electron chi connectivity index (χ3n) is 8.66. The number of hydrogen-bond donors (Lipinski definition) is 0. The van der Waals surface area contributed by atoms with E-state index in [0.717, 1.165) is 60.8 Å². The van der Waals surface area contributed by atoms with Gasteiger partial charge in [-0.25, -0.2) is 15.0 Å². The fourth-order valence-corrected chi connectivity index (χ4v) is 6.26. The maximum absolute atomic E-state index is 8.69. The van der Waals surface area contributed by atoms with E-state index < -0.39 is 6.04 Å². The van der Waals surface area contributed by atoms with Crippen molar-refractivity contribution in [3.05, 3.63) is 176 Å². The van der Waals surface area contributed by atoms with Crippen molar-refractivity contribution in [2.45, 2.75) is 0 Å². The van der Waals surface area contributed by atoms with Gasteiger partial charge < -0.3 is 4.57 Å². The fraction of sp³-hybridized carbons (Fsp3) is 0. The number of nitrogens with zero attached hydrogens (tertiary/aromatic N) is 5. The lowest BCUT2D eigenvalue weighted by Gasteiger charge is -2.10. The third kappa shape index (κ3) is 5.33. The number of para-hydroxylation sites is 2. The predicted octanol–water partition coefficient (Wildman–Crippen LogP) is 10.7. The summed E-state index contributed by atoms with van der Waals surface area (Å²) in [5, 5.41) is 1.82. The van der Waals surface area contributed by atoms with Crippen molar-refractivity contribution < 1.29 is 6.85 Å². The first kappa shape index (κ1) is 23.6. The van der Waals surface area contributed by atoms with Gasteiger partial charge in [0.2, 0.25) is 0 Å². The first-order valence-corrected chi connectivity index (χ1v) is 15.9. The minimum absolute atomic E-state index is 0.125. The first-order valence-electron chi connectivity index (χ1n) is 18.4. The van der Waals surface area contributed by atoms with Crippen LogP contribution in [0.15, 0.2) is 176 Å². The molecule has 9 aromatic rings. The van der Waals surface area contributed by atoms with E-state index in [2.05, 4.69) is 11.1 Å². The molecule has 3 heterocycles. The van der Waals surface area contributed by atoms with E-state index in [0.29, 0.717) is 17.5 Å². The highest BCUT2D eigenvalue weighted by molar-refractivity contribution is 6.10. The molecule has 0 aliphatic rings. The second-order valence-corrected chi connectivity index (χ2v) is 11.6. The van der Waals surface area contributed by atoms with Crippen LogP contribution in [-0.4, -0.2) is 24.5 Å². The van der Waals surface area contributed by atoms with Crippen molar-refractivity contribution in [2.75, 3.05) is 0 Å². The van der Waals surface area contributed by atoms with Gasteiger partial charge in [-0.3, -0.25) is 4.98 Å². The normalized spacial score (nSPS) is 12.7. The van der Waals surface area contributed by atoms with Gasteiger partial charge in [0.1, 0.15) is 0 Å². The molecular formula is C44H29N5. The lowest BCUT2D eigenvalue weighted by Crippen LogP contribution is -2.00. The molecule has 0 spiro atoms. The highest BCUT2D eigenvalue weighted by Gasteiger charge is 2.15. The maximum atomic E-state index is 8.69. The molecule has 0 atom stereocenters. The molecule has 0 amide bonds. The van der Waals surface area contributed by atoms with Crippen molar-refractivity contribution in [1.29, 1.82) is 0 Å². The lowest BCUT2D eigenvalue weighted by atomic mass is 10.0. The van der Waals surface area contributed by atoms with E-state index in [1.54, 1.807) is 10.8 Å². The monoisotopic (exact) mass is 632 g/mol. The van der Waals surface area contributed by atoms with Crippen molar-refractivity contribution >= 4 is 21.8 Å². The van der Waals surface area contributed by atoms with Gasteiger partial charge in [-0.2, -0.15) is 0 Å². The van der Waals surface area contributed by atoms with Gasteiger partial charge in [0, 0.05) is 45.5 Å². The summed E-state index contributed by atoms with van der Waals surface area (Å²) in [5.41, 5.74) is 8.25. The fourth-order valence-electron chi connectivity index (χ4n) is 6.26. The van der Waals surface area contributed by atoms with Crippen LogP contribution in [-0.2, 0) is 0 Å². The molecule has 0 aliphatic heterocycles. The van der Waals surface area contributed by atoms with Crippen LogP contribution in [0.1, 0.15) is 6.85 Å². The van der Waals surface area contributed by atoms with Gasteiger partial charge in [-0.05, 0) is 58.6 Å². The van der Waals surface area contributed by atoms with Gasteiger partial charge in [0.05, 0.1) is 17.9 Å². The molecule has 0 unspecified atom stereocenters. The molecule has 0 fully saturated rings. The zero-order valence-corrected chi connectivity index (χ0v) is 26.1. The third-order valence-corrected chi connectivity index (χ3v) is 8.66. The molecule has 0 aliphatic carbocycles. The molecule has 49 heavy (non-hydrogen) atoms. The van der Waals surface area contributed by atoms with Crippen molar-refractivity contribution in [3.8, 4) is 62.1 Å². The summed E-state index contributed by atoms with van der Waals surface area (Å²) in [6.45, 7) is 0. The van der Waals surface area contributed by atoms with Crippen LogP contribution in [0.4, 0.5) is 0 Å². The van der Waals surface area contributed by atoms with Crippen molar-refractivity contribution in [2.24, 2.45) is 0 Å². The number of pyridine rings is 1. The van der Waals surface area contributed by atoms with Crippen molar-refractivity contribution in [3.63, 3.8) is 0 Å². The highest BCUT2D eigenvalue weighted by atomic mass is 15.0. The maximum Gasteiger partial charge on any atom is 0.164 e. The predicted molar refractivity (Wildman–Crippen MR) is 199 cm³/mol. The van der Waals surface area contributed by atoms with E-state index in [4.69, 9.17) is 21.8 Å². The molecule has 0 N–H and O–H groups in total. The van der Waals surface area contributed by atoms with Gasteiger partial charge >= 0.3 is 0 Å². The summed E-state index contributed by atoms with van der Waals surface area (Å²) in [6.07, 6.45) is 3.60. The molecule has 3 aromatic heterocycles. The smallest absolute Gasteiger partial charge is 0.164 e. The Morgan fingerprint density at radius 1 is 0.429 bits per heavy atom. The van der Waals surface area contributed by atoms with Crippen molar-refractivity contribution in [1.82, 2.24) is 24.5 Å². The largest absolute Gasteiger partial charge is 0.309 e. The molecule has 5 nitrogen and oxygen atoms in total. The van der Waals surface area contributed by atoms with Crippen LogP contribution >= 0.6 is 0 Å². The molecule has 6 aromatic carbocycles. The quantitative estimate of drug-likeness (QED) is 0.183. The van der Waals surface area contributed by atoms with E-state index in [-0.39, 0.29) is 29.9 Å². The van der Waals surface area contributed by atoms with Gasteiger partial charge in [0.15, 0.2) is 17.5 Å². The van der Waals surface area contributed by atoms with E-state index >= 15 is 0 Å². The van der Waals surface area contributed by atoms with Crippen LogP contribution < -0.4 is 0 Å². The van der Waals surface area contributed by atoms with Crippen LogP contribution in [0.3, 0.4) is 0 Å². The standard InChI is InChI=1S/C44H29N5/c1-3-10-32(11-4-1)42-46-43(48-44(47-42)34-23-19-31(20-24-34)36-12-9-27-45-29-36)33-21-17-30(18-22-33)35-25-26-41-39(28-35)38-15-7-8-16-40(38)49(41)37-13-5-2-6-14-37/h1-29H/i2D,5D,6D,13D,14D. The molecule has 0 bridgehead atoms. The minimum atomic E-state index is -0.416. The minimum Gasteiger partial charge on any atom is -0.309 e. The van der Waals surface area contributed by atoms with Crippen LogP contribution in [0.5, 0.6) is 0 Å². The average Bonchev–Trinajstić information content (AvgIpc) is 3.56. The summed E-state index contributed by atoms with van der Waals surface area (Å²) in [4.78, 5) is 19.0. The number of benzene rings is 6. The zero-order valence-electron chi connectivity index (χ0n) is 31.1. The average molecular weight is 633 g/mol. The number of hydrogen-bond acceptors (Lipinski definition) is 4. The lowest BCUT2D eigenvalue weighted by molar-refractivity contribution is 1.07. The topological polar surface area (TPSA) is 56.5 Å². The van der Waals surface area contributed by atoms with Gasteiger partial charge in [-0.1, -0.05) is 127 Å². The summed E-state index contributed by atoms with van der Waals surface area (Å²) in [5.74, 6) is 1.71. The van der Waals surface area contributed by atoms with Crippen LogP contribution in [0, 0.1) is 0 Å². The Bertz CT molecular complexity index is 2830. The molecule has 5 heteroatoms. The number of fused-ring (bicyclic) bond motifs is 3. The Labute approximate surface area is 290 Å². The van der Waals surface area contributed by atoms with Gasteiger partial charge in [-0.15, -0.1) is 0 Å². The first-order chi connectivity index (χ1) is 26.4. The van der Waals surface area contributed by atoms with Crippen LogP contribution in [0.2, 0.25) is 0 Å². The van der Waals surface area contributed by atoms with E-state index in [1.807, 2.05) is 134 Å². The molecule has 230 valence electrons. The summed E-state index contributed by atoms with van der Waals surface area (Å²) in [6, 6.07) is 42.2. The van der Waals surface area contributed by atoms with Gasteiger partial charge in [0.25, 0.3) is 0 Å². The second kappa shape index (κ2) is 12.1. The Hall–Kier alpha value is -6.72. The number of aromatic nitrogens is 5. The summed E-state index contributed by atoms with van der Waals surface area (Å²) >= 11 is 0. The zero-order chi connectivity index (χ0) is 36.9. The Morgan fingerprint density at radius 3 is 1.61 bits per heavy atom. The van der Waals surface area contributed by atoms with E-state index in [1.165, 1.54) is 0 Å².